The fraction of sp³-hybridized carbons (Fsp3) is 0.444. The third kappa shape index (κ3) is 4.28. The first-order valence-electron chi connectivity index (χ1n) is 7.65. The van der Waals surface area contributed by atoms with Crippen LogP contribution in [0.2, 0.25) is 0 Å². The van der Waals surface area contributed by atoms with Crippen LogP contribution in [0.25, 0.3) is 6.08 Å². The first-order valence-corrected chi connectivity index (χ1v) is 7.65. The molecule has 3 heteroatoms. The number of unbranched alkanes of at least 4 members (excludes halogenated alkanes) is 2. The van der Waals surface area contributed by atoms with E-state index in [0.717, 1.165) is 24.8 Å². The molecule has 0 radical (unpaired) electrons. The molecule has 0 saturated heterocycles. The molecule has 1 unspecified atom stereocenters. The molecule has 2 rings (SSSR count). The highest BCUT2D eigenvalue weighted by molar-refractivity contribution is 6.04. The Morgan fingerprint density at radius 2 is 2.05 bits per heavy atom. The lowest BCUT2D eigenvalue weighted by atomic mass is 9.72. The summed E-state index contributed by atoms with van der Waals surface area (Å²) in [5.41, 5.74) is 1.08. The molecule has 0 N–H and O–H groups in total. The smallest absolute Gasteiger partial charge is 0.317 e. The van der Waals surface area contributed by atoms with E-state index in [-0.39, 0.29) is 17.7 Å². The molecule has 3 nitrogen and oxygen atoms in total. The molecule has 1 aliphatic carbocycles. The van der Waals surface area contributed by atoms with Crippen LogP contribution >= 0.6 is 0 Å². The van der Waals surface area contributed by atoms with Crippen LogP contribution in [-0.4, -0.2) is 18.4 Å². The first-order chi connectivity index (χ1) is 10.2. The maximum atomic E-state index is 11.9. The molecule has 2 atom stereocenters. The van der Waals surface area contributed by atoms with Gasteiger partial charge >= 0.3 is 5.97 Å². The topological polar surface area (TPSA) is 43.4 Å². The van der Waals surface area contributed by atoms with E-state index in [4.69, 9.17) is 4.74 Å². The van der Waals surface area contributed by atoms with Gasteiger partial charge in [-0.15, -0.1) is 0 Å². The van der Waals surface area contributed by atoms with Crippen molar-refractivity contribution in [1.82, 2.24) is 0 Å². The van der Waals surface area contributed by atoms with Gasteiger partial charge in [0.1, 0.15) is 11.7 Å². The summed E-state index contributed by atoms with van der Waals surface area (Å²) in [7, 11) is 0. The number of carbonyl (C=O) groups excluding carboxylic acids is 2. The monoisotopic (exact) mass is 286 g/mol. The molecule has 21 heavy (non-hydrogen) atoms. The average molecular weight is 286 g/mol. The summed E-state index contributed by atoms with van der Waals surface area (Å²) < 4.78 is 5.21. The van der Waals surface area contributed by atoms with Crippen molar-refractivity contribution >= 4 is 17.8 Å². The number of ketones is 1. The van der Waals surface area contributed by atoms with Gasteiger partial charge in [0.25, 0.3) is 0 Å². The van der Waals surface area contributed by atoms with E-state index < -0.39 is 5.92 Å². The number of Topliss-reactive ketones (excluding diaryl/α,β-unsaturated/α-hetero) is 1. The van der Waals surface area contributed by atoms with Crippen molar-refractivity contribution in [3.05, 3.63) is 42.0 Å². The SMILES string of the molecule is CCCCCOC(=O)C1C(=O)C[C@H]1/C=C/c1ccccc1. The maximum absolute atomic E-state index is 11.9. The Bertz CT molecular complexity index is 504. The van der Waals surface area contributed by atoms with Crippen molar-refractivity contribution in [2.24, 2.45) is 11.8 Å². The number of hydrogen-bond donors (Lipinski definition) is 0. The molecule has 0 amide bonds. The third-order valence-electron chi connectivity index (χ3n) is 3.79. The van der Waals surface area contributed by atoms with Gasteiger partial charge in [-0.2, -0.15) is 0 Å². The lowest BCUT2D eigenvalue weighted by molar-refractivity contribution is -0.159. The largest absolute Gasteiger partial charge is 0.465 e. The van der Waals surface area contributed by atoms with Gasteiger partial charge in [0.15, 0.2) is 0 Å². The Labute approximate surface area is 126 Å². The first kappa shape index (κ1) is 15.5. The summed E-state index contributed by atoms with van der Waals surface area (Å²) in [6, 6.07) is 9.88. The van der Waals surface area contributed by atoms with E-state index in [1.165, 1.54) is 0 Å². The molecule has 1 aromatic carbocycles. The van der Waals surface area contributed by atoms with Crippen LogP contribution < -0.4 is 0 Å². The van der Waals surface area contributed by atoms with Gasteiger partial charge in [0.2, 0.25) is 0 Å². The van der Waals surface area contributed by atoms with Gasteiger partial charge in [0, 0.05) is 12.3 Å². The van der Waals surface area contributed by atoms with E-state index in [9.17, 15) is 9.59 Å². The quantitative estimate of drug-likeness (QED) is 0.436. The lowest BCUT2D eigenvalue weighted by Crippen LogP contribution is -2.42. The van der Waals surface area contributed by atoms with E-state index in [1.54, 1.807) is 0 Å². The van der Waals surface area contributed by atoms with Crippen molar-refractivity contribution in [1.29, 1.82) is 0 Å². The fourth-order valence-electron chi connectivity index (χ4n) is 2.45. The summed E-state index contributed by atoms with van der Waals surface area (Å²) in [5, 5.41) is 0. The molecule has 1 fully saturated rings. The highest BCUT2D eigenvalue weighted by atomic mass is 16.5. The zero-order valence-electron chi connectivity index (χ0n) is 12.5. The van der Waals surface area contributed by atoms with Crippen LogP contribution in [0.5, 0.6) is 0 Å². The number of allylic oxidation sites excluding steroid dienone is 1. The van der Waals surface area contributed by atoms with E-state index in [1.807, 2.05) is 42.5 Å². The number of esters is 1. The van der Waals surface area contributed by atoms with Crippen LogP contribution in [0.1, 0.15) is 38.2 Å². The second-order valence-electron chi connectivity index (χ2n) is 5.46. The Morgan fingerprint density at radius 1 is 1.29 bits per heavy atom. The van der Waals surface area contributed by atoms with Gasteiger partial charge in [-0.05, 0) is 12.0 Å². The summed E-state index contributed by atoms with van der Waals surface area (Å²) in [6.45, 7) is 2.52. The minimum atomic E-state index is -0.591. The predicted molar refractivity (Wildman–Crippen MR) is 82.6 cm³/mol. The molecule has 1 aliphatic rings. The molecule has 0 spiro atoms. The molecule has 0 bridgehead atoms. The number of benzene rings is 1. The molecular weight excluding hydrogens is 264 g/mol. The zero-order valence-corrected chi connectivity index (χ0v) is 12.5. The van der Waals surface area contributed by atoms with Gasteiger partial charge in [0.05, 0.1) is 6.61 Å². The maximum Gasteiger partial charge on any atom is 0.317 e. The summed E-state index contributed by atoms with van der Waals surface area (Å²) in [6.07, 6.45) is 7.36. The molecule has 1 saturated carbocycles. The predicted octanol–water partition coefficient (Wildman–Crippen LogP) is 3.64. The second-order valence-corrected chi connectivity index (χ2v) is 5.46. The Hall–Kier alpha value is -1.90. The second kappa shape index (κ2) is 7.77. The summed E-state index contributed by atoms with van der Waals surface area (Å²) >= 11 is 0. The van der Waals surface area contributed by atoms with Crippen molar-refractivity contribution in [2.45, 2.75) is 32.6 Å². The van der Waals surface area contributed by atoms with Crippen molar-refractivity contribution in [2.75, 3.05) is 6.61 Å². The van der Waals surface area contributed by atoms with Crippen LogP contribution in [-0.2, 0) is 14.3 Å². The van der Waals surface area contributed by atoms with Crippen LogP contribution in [0.15, 0.2) is 36.4 Å². The molecular formula is C18H22O3. The van der Waals surface area contributed by atoms with Gasteiger partial charge < -0.3 is 4.74 Å². The van der Waals surface area contributed by atoms with Crippen LogP contribution in [0.3, 0.4) is 0 Å². The number of ether oxygens (including phenoxy) is 1. The van der Waals surface area contributed by atoms with Gasteiger partial charge in [-0.3, -0.25) is 9.59 Å². The summed E-state index contributed by atoms with van der Waals surface area (Å²) in [4.78, 5) is 23.6. The highest BCUT2D eigenvalue weighted by Crippen LogP contribution is 2.33. The molecule has 0 aliphatic heterocycles. The average Bonchev–Trinajstić information content (AvgIpc) is 2.48. The van der Waals surface area contributed by atoms with Crippen molar-refractivity contribution in [3.8, 4) is 0 Å². The normalized spacial score (nSPS) is 21.3. The molecule has 112 valence electrons. The molecule has 0 heterocycles. The number of hydrogen-bond acceptors (Lipinski definition) is 3. The number of carbonyl (C=O) groups is 2. The Kier molecular flexibility index (Phi) is 5.73. The van der Waals surface area contributed by atoms with Crippen LogP contribution in [0.4, 0.5) is 0 Å². The third-order valence-corrected chi connectivity index (χ3v) is 3.79. The van der Waals surface area contributed by atoms with Gasteiger partial charge in [-0.25, -0.2) is 0 Å². The molecule has 1 aromatic rings. The fourth-order valence-corrected chi connectivity index (χ4v) is 2.45. The minimum Gasteiger partial charge on any atom is -0.465 e. The Morgan fingerprint density at radius 3 is 2.71 bits per heavy atom. The van der Waals surface area contributed by atoms with Crippen molar-refractivity contribution < 1.29 is 14.3 Å². The summed E-state index contributed by atoms with van der Waals surface area (Å²) in [5.74, 6) is -0.966. The van der Waals surface area contributed by atoms with Gasteiger partial charge in [-0.1, -0.05) is 62.2 Å². The minimum absolute atomic E-state index is 0.00166. The van der Waals surface area contributed by atoms with Crippen LogP contribution in [0, 0.1) is 11.8 Å². The van der Waals surface area contributed by atoms with E-state index in [2.05, 4.69) is 6.92 Å². The Balaban J connectivity index is 1.85. The van der Waals surface area contributed by atoms with Crippen molar-refractivity contribution in [3.63, 3.8) is 0 Å². The highest BCUT2D eigenvalue weighted by Gasteiger charge is 2.44. The zero-order chi connectivity index (χ0) is 15.1. The van der Waals surface area contributed by atoms with E-state index >= 15 is 0 Å². The number of rotatable bonds is 7. The standard InChI is InChI=1S/C18H22O3/c1-2-3-7-12-21-18(20)17-15(13-16(17)19)11-10-14-8-5-4-6-9-14/h4-6,8-11,15,17H,2-3,7,12-13H2,1H3/b11-10+/t15-,17?/m1/s1. The molecule has 0 aromatic heterocycles. The lowest BCUT2D eigenvalue weighted by Gasteiger charge is -2.30. The van der Waals surface area contributed by atoms with E-state index in [0.29, 0.717) is 13.0 Å².